The molecule has 0 rings (SSSR count). The van der Waals surface area contributed by atoms with Crippen LogP contribution in [0.5, 0.6) is 0 Å². The van der Waals surface area contributed by atoms with Crippen LogP contribution in [-0.2, 0) is 4.79 Å². The minimum absolute atomic E-state index is 0.0501. The lowest BCUT2D eigenvalue weighted by Crippen LogP contribution is -2.48. The number of amides is 1. The average Bonchev–Trinajstić information content (AvgIpc) is 1.97. The van der Waals surface area contributed by atoms with Gasteiger partial charge in [0.2, 0.25) is 5.91 Å². The Balaban J connectivity index is 5.14. The van der Waals surface area contributed by atoms with Crippen molar-refractivity contribution in [2.75, 3.05) is 0 Å². The van der Waals surface area contributed by atoms with Crippen LogP contribution in [0.3, 0.4) is 0 Å². The smallest absolute Gasteiger partial charge is 0.249 e. The van der Waals surface area contributed by atoms with Crippen molar-refractivity contribution in [3.8, 4) is 0 Å². The highest BCUT2D eigenvalue weighted by molar-refractivity contribution is 5.82. The van der Waals surface area contributed by atoms with Gasteiger partial charge in [0.15, 0.2) is 0 Å². The van der Waals surface area contributed by atoms with E-state index in [1.54, 1.807) is 5.48 Å². The summed E-state index contributed by atoms with van der Waals surface area (Å²) < 4.78 is 0. The molecule has 1 unspecified atom stereocenters. The molecule has 0 saturated carbocycles. The first-order valence-electron chi connectivity index (χ1n) is 5.38. The maximum Gasteiger partial charge on any atom is 0.249 e. The van der Waals surface area contributed by atoms with E-state index in [1.165, 1.54) is 0 Å². The Morgan fingerprint density at radius 3 is 1.67 bits per heavy atom. The SMILES string of the molecule is CC(C)(C)CC(C)(C(=O)NO)C(C)(C)C. The molecule has 0 saturated heterocycles. The summed E-state index contributed by atoms with van der Waals surface area (Å²) in [6.07, 6.45) is 0.732. The van der Waals surface area contributed by atoms with Gasteiger partial charge in [0.1, 0.15) is 0 Å². The van der Waals surface area contributed by atoms with Crippen molar-refractivity contribution in [1.82, 2.24) is 5.48 Å². The minimum Gasteiger partial charge on any atom is -0.289 e. The van der Waals surface area contributed by atoms with Crippen LogP contribution in [0.4, 0.5) is 0 Å². The predicted molar refractivity (Wildman–Crippen MR) is 61.6 cm³/mol. The Bertz CT molecular complexity index is 235. The molecular formula is C12H25NO2. The molecule has 0 aliphatic rings. The van der Waals surface area contributed by atoms with Crippen LogP contribution in [0.2, 0.25) is 0 Å². The normalized spacial score (nSPS) is 17.1. The van der Waals surface area contributed by atoms with E-state index in [4.69, 9.17) is 5.21 Å². The highest BCUT2D eigenvalue weighted by Gasteiger charge is 2.46. The maximum absolute atomic E-state index is 11.8. The molecule has 2 N–H and O–H groups in total. The fourth-order valence-corrected chi connectivity index (χ4v) is 1.87. The summed E-state index contributed by atoms with van der Waals surface area (Å²) >= 11 is 0. The number of rotatable bonds is 2. The largest absolute Gasteiger partial charge is 0.289 e. The summed E-state index contributed by atoms with van der Waals surface area (Å²) in [4.78, 5) is 11.8. The van der Waals surface area contributed by atoms with Crippen molar-refractivity contribution in [3.63, 3.8) is 0 Å². The van der Waals surface area contributed by atoms with Gasteiger partial charge in [-0.3, -0.25) is 10.0 Å². The quantitative estimate of drug-likeness (QED) is 0.549. The van der Waals surface area contributed by atoms with Crippen molar-refractivity contribution in [2.45, 2.75) is 54.9 Å². The Hall–Kier alpha value is -0.570. The van der Waals surface area contributed by atoms with Gasteiger partial charge in [-0.1, -0.05) is 48.5 Å². The lowest BCUT2D eigenvalue weighted by atomic mass is 9.61. The number of hydroxylamine groups is 1. The molecule has 0 bridgehead atoms. The molecule has 1 atom stereocenters. The number of nitrogens with one attached hydrogen (secondary N) is 1. The molecule has 3 nitrogen and oxygen atoms in total. The fourth-order valence-electron chi connectivity index (χ4n) is 1.87. The van der Waals surface area contributed by atoms with Crippen molar-refractivity contribution in [3.05, 3.63) is 0 Å². The summed E-state index contributed by atoms with van der Waals surface area (Å²) in [5.74, 6) is -0.301. The van der Waals surface area contributed by atoms with Crippen molar-refractivity contribution in [1.29, 1.82) is 0 Å². The minimum atomic E-state index is -0.569. The molecule has 0 heterocycles. The second kappa shape index (κ2) is 4.12. The highest BCUT2D eigenvalue weighted by atomic mass is 16.5. The number of carbonyl (C=O) groups excluding carboxylic acids is 1. The van der Waals surface area contributed by atoms with E-state index >= 15 is 0 Å². The van der Waals surface area contributed by atoms with Gasteiger partial charge in [-0.25, -0.2) is 5.48 Å². The van der Waals surface area contributed by atoms with E-state index in [-0.39, 0.29) is 16.7 Å². The third kappa shape index (κ3) is 3.49. The highest BCUT2D eigenvalue weighted by Crippen LogP contribution is 2.46. The van der Waals surface area contributed by atoms with Crippen LogP contribution in [0.1, 0.15) is 54.9 Å². The molecule has 0 aliphatic carbocycles. The van der Waals surface area contributed by atoms with Gasteiger partial charge in [-0.2, -0.15) is 0 Å². The average molecular weight is 215 g/mol. The van der Waals surface area contributed by atoms with E-state index in [9.17, 15) is 4.79 Å². The van der Waals surface area contributed by atoms with E-state index in [2.05, 4.69) is 20.8 Å². The zero-order valence-electron chi connectivity index (χ0n) is 11.1. The topological polar surface area (TPSA) is 49.3 Å². The third-order valence-electron chi connectivity index (χ3n) is 3.14. The Kier molecular flexibility index (Phi) is 3.97. The fraction of sp³-hybridized carbons (Fsp3) is 0.917. The van der Waals surface area contributed by atoms with Crippen LogP contribution in [-0.4, -0.2) is 11.1 Å². The Labute approximate surface area is 93.2 Å². The lowest BCUT2D eigenvalue weighted by molar-refractivity contribution is -0.148. The van der Waals surface area contributed by atoms with E-state index in [1.807, 2.05) is 27.7 Å². The van der Waals surface area contributed by atoms with Crippen LogP contribution in [0, 0.1) is 16.2 Å². The molecule has 0 aromatic carbocycles. The molecular weight excluding hydrogens is 190 g/mol. The second-order valence-corrected chi connectivity index (χ2v) is 6.76. The number of carbonyl (C=O) groups is 1. The zero-order valence-corrected chi connectivity index (χ0v) is 11.1. The summed E-state index contributed by atoms with van der Waals surface area (Å²) in [6.45, 7) is 14.3. The van der Waals surface area contributed by atoms with Gasteiger partial charge in [-0.15, -0.1) is 0 Å². The standard InChI is InChI=1S/C12H25NO2/c1-10(2,3)8-12(7,9(14)13-15)11(4,5)6/h15H,8H2,1-7H3,(H,13,14). The van der Waals surface area contributed by atoms with Crippen LogP contribution in [0.15, 0.2) is 0 Å². The summed E-state index contributed by atoms with van der Waals surface area (Å²) in [7, 11) is 0. The summed E-state index contributed by atoms with van der Waals surface area (Å²) in [5.41, 5.74) is 1.09. The first kappa shape index (κ1) is 14.4. The first-order chi connectivity index (χ1) is 6.44. The van der Waals surface area contributed by atoms with E-state index < -0.39 is 5.41 Å². The van der Waals surface area contributed by atoms with Crippen molar-refractivity contribution >= 4 is 5.91 Å². The molecule has 0 aromatic heterocycles. The lowest BCUT2D eigenvalue weighted by Gasteiger charge is -2.43. The molecule has 0 aromatic rings. The predicted octanol–water partition coefficient (Wildman–Crippen LogP) is 2.98. The van der Waals surface area contributed by atoms with Gasteiger partial charge < -0.3 is 0 Å². The molecule has 90 valence electrons. The van der Waals surface area contributed by atoms with Crippen LogP contribution in [0.25, 0.3) is 0 Å². The first-order valence-corrected chi connectivity index (χ1v) is 5.38. The Morgan fingerprint density at radius 2 is 1.47 bits per heavy atom. The summed E-state index contributed by atoms with van der Waals surface area (Å²) in [5, 5.41) is 8.83. The van der Waals surface area contributed by atoms with Gasteiger partial charge in [0.25, 0.3) is 0 Å². The maximum atomic E-state index is 11.8. The van der Waals surface area contributed by atoms with Gasteiger partial charge >= 0.3 is 0 Å². The molecule has 15 heavy (non-hydrogen) atoms. The van der Waals surface area contributed by atoms with Crippen molar-refractivity contribution < 1.29 is 10.0 Å². The third-order valence-corrected chi connectivity index (χ3v) is 3.14. The van der Waals surface area contributed by atoms with Crippen LogP contribution >= 0.6 is 0 Å². The zero-order chi connectivity index (χ0) is 12.5. The molecule has 0 radical (unpaired) electrons. The summed E-state index contributed by atoms with van der Waals surface area (Å²) in [6, 6.07) is 0. The molecule has 3 heteroatoms. The Morgan fingerprint density at radius 1 is 1.07 bits per heavy atom. The van der Waals surface area contributed by atoms with Crippen molar-refractivity contribution in [2.24, 2.45) is 16.2 Å². The number of hydrogen-bond acceptors (Lipinski definition) is 2. The van der Waals surface area contributed by atoms with Gasteiger partial charge in [0, 0.05) is 0 Å². The molecule has 0 fully saturated rings. The second-order valence-electron chi connectivity index (χ2n) is 6.76. The number of hydrogen-bond donors (Lipinski definition) is 2. The molecule has 1 amide bonds. The molecule has 0 spiro atoms. The van der Waals surface area contributed by atoms with Crippen LogP contribution < -0.4 is 5.48 Å². The van der Waals surface area contributed by atoms with E-state index in [0.29, 0.717) is 0 Å². The van der Waals surface area contributed by atoms with Gasteiger partial charge in [-0.05, 0) is 17.3 Å². The van der Waals surface area contributed by atoms with Gasteiger partial charge in [0.05, 0.1) is 5.41 Å². The van der Waals surface area contributed by atoms with E-state index in [0.717, 1.165) is 6.42 Å². The molecule has 0 aliphatic heterocycles. The monoisotopic (exact) mass is 215 g/mol.